The van der Waals surface area contributed by atoms with E-state index in [1.807, 2.05) is 6.92 Å². The summed E-state index contributed by atoms with van der Waals surface area (Å²) in [6.07, 6.45) is -0.193. The minimum Gasteiger partial charge on any atom is -0.452 e. The number of hydrogen-bond acceptors (Lipinski definition) is 5. The largest absolute Gasteiger partial charge is 0.452 e. The Balaban J connectivity index is 2.80. The molecule has 0 spiro atoms. The van der Waals surface area contributed by atoms with Crippen molar-refractivity contribution in [2.24, 2.45) is 0 Å². The fourth-order valence-corrected chi connectivity index (χ4v) is 3.42. The molecule has 110 valence electrons. The van der Waals surface area contributed by atoms with Gasteiger partial charge in [-0.2, -0.15) is 0 Å². The third-order valence-electron chi connectivity index (χ3n) is 2.51. The van der Waals surface area contributed by atoms with Gasteiger partial charge in [-0.3, -0.25) is 0 Å². The smallest absolute Gasteiger partial charge is 0.245 e. The van der Waals surface area contributed by atoms with E-state index in [0.717, 1.165) is 6.54 Å². The summed E-state index contributed by atoms with van der Waals surface area (Å²) in [4.78, 5) is 0.101. The van der Waals surface area contributed by atoms with Gasteiger partial charge in [0, 0.05) is 19.7 Å². The van der Waals surface area contributed by atoms with Crippen molar-refractivity contribution in [3.8, 4) is 0 Å². The molecule has 0 bridgehead atoms. The van der Waals surface area contributed by atoms with Crippen LogP contribution in [0, 0.1) is 0 Å². The standard InChI is InChI=1S/C11H19BrN2O4S/c1-4-13-7-9-5-10(11(12)18-9)19(15,16)14-6-8(2)17-3/h5,8,13-14H,4,6-7H2,1-3H3. The predicted octanol–water partition coefficient (Wildman–Crippen LogP) is 1.46. The van der Waals surface area contributed by atoms with Crippen molar-refractivity contribution in [2.75, 3.05) is 20.2 Å². The third kappa shape index (κ3) is 4.88. The summed E-state index contributed by atoms with van der Waals surface area (Å²) in [5.74, 6) is 0.564. The van der Waals surface area contributed by atoms with E-state index in [4.69, 9.17) is 9.15 Å². The first-order chi connectivity index (χ1) is 8.90. The molecule has 1 atom stereocenters. The second-order valence-electron chi connectivity index (χ2n) is 4.03. The molecule has 0 aliphatic carbocycles. The van der Waals surface area contributed by atoms with Crippen LogP contribution in [0.3, 0.4) is 0 Å². The number of halogens is 1. The highest BCUT2D eigenvalue weighted by Crippen LogP contribution is 2.25. The lowest BCUT2D eigenvalue weighted by Gasteiger charge is -2.10. The molecule has 0 aliphatic heterocycles. The molecule has 0 aliphatic rings. The summed E-state index contributed by atoms with van der Waals surface area (Å²) >= 11 is 3.12. The molecule has 2 N–H and O–H groups in total. The van der Waals surface area contributed by atoms with Crippen LogP contribution < -0.4 is 10.0 Å². The zero-order chi connectivity index (χ0) is 14.5. The van der Waals surface area contributed by atoms with Gasteiger partial charge in [-0.05, 0) is 29.4 Å². The van der Waals surface area contributed by atoms with Crippen LogP contribution in [0.1, 0.15) is 19.6 Å². The molecule has 8 heteroatoms. The minimum absolute atomic E-state index is 0.101. The summed E-state index contributed by atoms with van der Waals surface area (Å²) in [5.41, 5.74) is 0. The van der Waals surface area contributed by atoms with Gasteiger partial charge in [-0.25, -0.2) is 13.1 Å². The van der Waals surface area contributed by atoms with Crippen LogP contribution >= 0.6 is 15.9 Å². The van der Waals surface area contributed by atoms with Crippen molar-refractivity contribution >= 4 is 26.0 Å². The van der Waals surface area contributed by atoms with Gasteiger partial charge in [0.25, 0.3) is 0 Å². The zero-order valence-electron chi connectivity index (χ0n) is 11.2. The molecule has 0 radical (unpaired) electrons. The van der Waals surface area contributed by atoms with E-state index in [9.17, 15) is 8.42 Å². The van der Waals surface area contributed by atoms with Crippen molar-refractivity contribution in [1.29, 1.82) is 0 Å². The van der Waals surface area contributed by atoms with Crippen LogP contribution in [0.4, 0.5) is 0 Å². The maximum Gasteiger partial charge on any atom is 0.245 e. The average Bonchev–Trinajstić information content (AvgIpc) is 2.75. The van der Waals surface area contributed by atoms with Crippen molar-refractivity contribution in [1.82, 2.24) is 10.0 Å². The van der Waals surface area contributed by atoms with Gasteiger partial charge in [0.2, 0.25) is 10.0 Å². The van der Waals surface area contributed by atoms with Gasteiger partial charge >= 0.3 is 0 Å². The Bertz CT molecular complexity index is 501. The number of nitrogens with one attached hydrogen (secondary N) is 2. The van der Waals surface area contributed by atoms with Crippen LogP contribution in [0.2, 0.25) is 0 Å². The summed E-state index contributed by atoms with van der Waals surface area (Å²) in [7, 11) is -2.07. The van der Waals surface area contributed by atoms with Gasteiger partial charge in [0.05, 0.1) is 12.6 Å². The number of furan rings is 1. The average molecular weight is 355 g/mol. The molecule has 1 heterocycles. The van der Waals surface area contributed by atoms with Crippen LogP contribution in [0.15, 0.2) is 20.0 Å². The molecule has 0 fully saturated rings. The lowest BCUT2D eigenvalue weighted by molar-refractivity contribution is 0.122. The molecular weight excluding hydrogens is 336 g/mol. The maximum atomic E-state index is 12.1. The Kier molecular flexibility index (Phi) is 6.48. The lowest BCUT2D eigenvalue weighted by Crippen LogP contribution is -2.31. The maximum absolute atomic E-state index is 12.1. The number of hydrogen-bond donors (Lipinski definition) is 2. The Hall–Kier alpha value is -0.410. The highest BCUT2D eigenvalue weighted by atomic mass is 79.9. The monoisotopic (exact) mass is 354 g/mol. The fourth-order valence-electron chi connectivity index (χ4n) is 1.30. The number of rotatable bonds is 8. The topological polar surface area (TPSA) is 80.6 Å². The normalized spacial score (nSPS) is 13.7. The molecule has 19 heavy (non-hydrogen) atoms. The molecule has 0 amide bonds. The van der Waals surface area contributed by atoms with Crippen molar-refractivity contribution < 1.29 is 17.6 Å². The number of ether oxygens (including phenoxy) is 1. The fraction of sp³-hybridized carbons (Fsp3) is 0.636. The number of methoxy groups -OCH3 is 1. The van der Waals surface area contributed by atoms with E-state index in [0.29, 0.717) is 12.3 Å². The predicted molar refractivity (Wildman–Crippen MR) is 75.4 cm³/mol. The van der Waals surface area contributed by atoms with Gasteiger partial charge in [0.15, 0.2) is 4.67 Å². The summed E-state index contributed by atoms with van der Waals surface area (Å²) in [5, 5.41) is 3.07. The molecule has 1 aromatic heterocycles. The van der Waals surface area contributed by atoms with Gasteiger partial charge < -0.3 is 14.5 Å². The van der Waals surface area contributed by atoms with E-state index in [1.54, 1.807) is 6.92 Å². The molecule has 1 rings (SSSR count). The molecule has 0 aromatic carbocycles. The Morgan fingerprint density at radius 3 is 2.79 bits per heavy atom. The highest BCUT2D eigenvalue weighted by molar-refractivity contribution is 9.10. The van der Waals surface area contributed by atoms with Crippen molar-refractivity contribution in [3.63, 3.8) is 0 Å². The third-order valence-corrected chi connectivity index (χ3v) is 4.79. The summed E-state index contributed by atoms with van der Waals surface area (Å²) in [6.45, 7) is 5.22. The van der Waals surface area contributed by atoms with E-state index >= 15 is 0 Å². The first-order valence-electron chi connectivity index (χ1n) is 5.92. The Labute approximate surface area is 122 Å². The van der Waals surface area contributed by atoms with E-state index in [2.05, 4.69) is 26.0 Å². The summed E-state index contributed by atoms with van der Waals surface area (Å²) in [6, 6.07) is 1.51. The highest BCUT2D eigenvalue weighted by Gasteiger charge is 2.22. The first-order valence-corrected chi connectivity index (χ1v) is 8.19. The SMILES string of the molecule is CCNCc1cc(S(=O)(=O)NCC(C)OC)c(Br)o1. The lowest BCUT2D eigenvalue weighted by atomic mass is 10.4. The van der Waals surface area contributed by atoms with E-state index in [1.165, 1.54) is 13.2 Å². The second-order valence-corrected chi connectivity index (χ2v) is 6.48. The quantitative estimate of drug-likeness (QED) is 0.738. The molecule has 6 nitrogen and oxygen atoms in total. The van der Waals surface area contributed by atoms with Crippen molar-refractivity contribution in [3.05, 3.63) is 16.5 Å². The Morgan fingerprint density at radius 1 is 1.53 bits per heavy atom. The van der Waals surface area contributed by atoms with E-state index in [-0.39, 0.29) is 22.2 Å². The van der Waals surface area contributed by atoms with Gasteiger partial charge in [-0.1, -0.05) is 6.92 Å². The molecule has 0 saturated heterocycles. The van der Waals surface area contributed by atoms with E-state index < -0.39 is 10.0 Å². The van der Waals surface area contributed by atoms with Gasteiger partial charge in [0.1, 0.15) is 10.7 Å². The van der Waals surface area contributed by atoms with Gasteiger partial charge in [-0.15, -0.1) is 0 Å². The molecule has 1 aromatic rings. The summed E-state index contributed by atoms with van der Waals surface area (Å²) < 4.78 is 37.2. The zero-order valence-corrected chi connectivity index (χ0v) is 13.6. The van der Waals surface area contributed by atoms with Crippen molar-refractivity contribution in [2.45, 2.75) is 31.4 Å². The van der Waals surface area contributed by atoms with Crippen LogP contribution in [-0.2, 0) is 21.3 Å². The van der Waals surface area contributed by atoms with Crippen LogP contribution in [0.5, 0.6) is 0 Å². The molecule has 1 unspecified atom stereocenters. The van der Waals surface area contributed by atoms with Crippen LogP contribution in [0.25, 0.3) is 0 Å². The first kappa shape index (κ1) is 16.6. The molecule has 0 saturated carbocycles. The molecular formula is C11H19BrN2O4S. The second kappa shape index (κ2) is 7.39. The number of sulfonamides is 1. The van der Waals surface area contributed by atoms with Crippen LogP contribution in [-0.4, -0.2) is 34.7 Å². The minimum atomic E-state index is -3.60. The Morgan fingerprint density at radius 2 is 2.21 bits per heavy atom.